The molecule has 0 heterocycles. The van der Waals surface area contributed by atoms with Crippen molar-refractivity contribution < 1.29 is 14.8 Å². The van der Waals surface area contributed by atoms with Gasteiger partial charge in [0.15, 0.2) is 0 Å². The third-order valence-corrected chi connectivity index (χ3v) is 1.48. The van der Waals surface area contributed by atoms with Gasteiger partial charge in [0, 0.05) is 0 Å². The normalized spacial score (nSPS) is 9.29. The minimum atomic E-state index is -0.996. The van der Waals surface area contributed by atoms with Crippen LogP contribution in [0.1, 0.15) is 0 Å². The molecule has 76 valence electrons. The van der Waals surface area contributed by atoms with Gasteiger partial charge >= 0.3 is 5.09 Å². The molecule has 0 aliphatic heterocycles. The van der Waals surface area contributed by atoms with Crippen molar-refractivity contribution in [3.05, 3.63) is 34.4 Å². The molecule has 2 N–H and O–H groups in total. The van der Waals surface area contributed by atoms with Gasteiger partial charge in [-0.3, -0.25) is 0 Å². The molecule has 0 saturated heterocycles. The summed E-state index contributed by atoms with van der Waals surface area (Å²) in [5.41, 5.74) is 0.350. The first kappa shape index (κ1) is 10.1. The van der Waals surface area contributed by atoms with Gasteiger partial charge in [-0.2, -0.15) is 4.94 Å². The Morgan fingerprint density at radius 1 is 1.43 bits per heavy atom. The molecule has 0 aromatic heterocycles. The predicted molar refractivity (Wildman–Crippen MR) is 47.7 cm³/mol. The number of rotatable bonds is 4. The molecule has 0 aliphatic rings. The van der Waals surface area contributed by atoms with Crippen LogP contribution in [0.3, 0.4) is 0 Å². The molecule has 7 nitrogen and oxygen atoms in total. The molecule has 7 heteroatoms. The van der Waals surface area contributed by atoms with E-state index in [9.17, 15) is 10.1 Å². The van der Waals surface area contributed by atoms with Crippen molar-refractivity contribution in [2.45, 2.75) is 0 Å². The number of hydrogen-bond acceptors (Lipinski definition) is 6. The van der Waals surface area contributed by atoms with Crippen LogP contribution in [-0.2, 0) is 4.94 Å². The minimum Gasteiger partial charge on any atom is -0.497 e. The number of nitrogens with two attached hydrogens (primary N) is 1. The Morgan fingerprint density at radius 2 is 2.00 bits per heavy atom. The van der Waals surface area contributed by atoms with E-state index in [1.807, 2.05) is 0 Å². The monoisotopic (exact) mass is 199 g/mol. The molecule has 1 aromatic carbocycles. The van der Waals surface area contributed by atoms with Gasteiger partial charge in [0.2, 0.25) is 0 Å². The summed E-state index contributed by atoms with van der Waals surface area (Å²) in [6.45, 7) is 0. The van der Waals surface area contributed by atoms with Crippen molar-refractivity contribution in [2.75, 3.05) is 12.3 Å². The number of hydrogen-bond donors (Lipinski definition) is 1. The summed E-state index contributed by atoms with van der Waals surface area (Å²) in [4.78, 5) is 13.9. The first-order valence-electron chi connectivity index (χ1n) is 3.65. The number of methoxy groups -OCH3 is 1. The summed E-state index contributed by atoms with van der Waals surface area (Å²) >= 11 is 0. The van der Waals surface area contributed by atoms with Crippen molar-refractivity contribution in [3.63, 3.8) is 0 Å². The van der Waals surface area contributed by atoms with Crippen LogP contribution in [0.4, 0.5) is 5.69 Å². The maximum Gasteiger partial charge on any atom is 0.318 e. The second kappa shape index (κ2) is 4.28. The second-order valence-electron chi connectivity index (χ2n) is 2.33. The van der Waals surface area contributed by atoms with Gasteiger partial charge in [0.05, 0.1) is 12.8 Å². The van der Waals surface area contributed by atoms with E-state index in [2.05, 4.69) is 4.94 Å². The van der Waals surface area contributed by atoms with Crippen LogP contribution in [0, 0.1) is 10.1 Å². The molecular formula is C7H9N3O4. The van der Waals surface area contributed by atoms with E-state index >= 15 is 0 Å². The van der Waals surface area contributed by atoms with E-state index in [0.717, 1.165) is 0 Å². The van der Waals surface area contributed by atoms with Crippen molar-refractivity contribution in [1.82, 2.24) is 0 Å². The zero-order chi connectivity index (χ0) is 10.6. The van der Waals surface area contributed by atoms with E-state index in [1.54, 1.807) is 12.1 Å². The van der Waals surface area contributed by atoms with Crippen LogP contribution >= 0.6 is 0 Å². The molecule has 0 saturated carbocycles. The van der Waals surface area contributed by atoms with Crippen LogP contribution in [0.25, 0.3) is 0 Å². The fourth-order valence-electron chi connectivity index (χ4n) is 0.848. The van der Waals surface area contributed by atoms with Gasteiger partial charge in [-0.05, 0) is 24.3 Å². The lowest BCUT2D eigenvalue weighted by Crippen LogP contribution is -2.33. The average Bonchev–Trinajstić information content (AvgIpc) is 2.17. The largest absolute Gasteiger partial charge is 0.497 e. The van der Waals surface area contributed by atoms with Crippen molar-refractivity contribution in [1.29, 1.82) is 0 Å². The zero-order valence-corrected chi connectivity index (χ0v) is 7.41. The first-order chi connectivity index (χ1) is 6.63. The highest BCUT2D eigenvalue weighted by Gasteiger charge is 2.05. The summed E-state index contributed by atoms with van der Waals surface area (Å²) in [7, 11) is 1.52. The van der Waals surface area contributed by atoms with Crippen LogP contribution in [0.15, 0.2) is 24.3 Å². The molecule has 14 heavy (non-hydrogen) atoms. The highest BCUT2D eigenvalue weighted by atomic mass is 17.0. The van der Waals surface area contributed by atoms with Crippen molar-refractivity contribution in [2.24, 2.45) is 5.84 Å². The fourth-order valence-corrected chi connectivity index (χ4v) is 0.848. The Balaban J connectivity index is 2.71. The summed E-state index contributed by atoms with van der Waals surface area (Å²) in [6, 6.07) is 6.28. The predicted octanol–water partition coefficient (Wildman–Crippen LogP) is 0.499. The first-order valence-corrected chi connectivity index (χ1v) is 3.65. The number of ether oxygens (including phenoxy) is 1. The molecule has 0 atom stereocenters. The van der Waals surface area contributed by atoms with Crippen LogP contribution in [-0.4, -0.2) is 12.2 Å². The second-order valence-corrected chi connectivity index (χ2v) is 2.33. The van der Waals surface area contributed by atoms with Crippen LogP contribution in [0.5, 0.6) is 5.75 Å². The fraction of sp³-hybridized carbons (Fsp3) is 0.143. The molecule has 0 amide bonds. The Bertz CT molecular complexity index is 313. The quantitative estimate of drug-likeness (QED) is 0.431. The molecule has 0 radical (unpaired) electrons. The molecule has 0 spiro atoms. The zero-order valence-electron chi connectivity index (χ0n) is 7.41. The van der Waals surface area contributed by atoms with Gasteiger partial charge in [-0.15, -0.1) is 15.3 Å². The third kappa shape index (κ3) is 2.49. The standard InChI is InChI=1S/C7H9N3O4/c1-13-7-4-2-6(3-5-7)9(8)14-10(11)12/h2-5H,8H2,1H3. The Morgan fingerprint density at radius 3 is 2.43 bits per heavy atom. The van der Waals surface area contributed by atoms with E-state index in [0.29, 0.717) is 16.6 Å². The molecule has 0 bridgehead atoms. The van der Waals surface area contributed by atoms with E-state index < -0.39 is 5.09 Å². The summed E-state index contributed by atoms with van der Waals surface area (Å²) in [5, 5.41) is 9.50. The lowest BCUT2D eigenvalue weighted by Gasteiger charge is -2.13. The SMILES string of the molecule is COc1ccc(N(N)O[N+](=O)[O-])cc1. The lowest BCUT2D eigenvalue weighted by atomic mass is 10.3. The van der Waals surface area contributed by atoms with E-state index in [4.69, 9.17) is 10.6 Å². The number of benzene rings is 1. The molecule has 1 aromatic rings. The molecule has 0 aliphatic carbocycles. The summed E-state index contributed by atoms with van der Waals surface area (Å²) in [5.74, 6) is 5.84. The summed E-state index contributed by atoms with van der Waals surface area (Å²) in [6.07, 6.45) is 0. The van der Waals surface area contributed by atoms with Gasteiger partial charge in [-0.1, -0.05) is 0 Å². The third-order valence-electron chi connectivity index (χ3n) is 1.48. The van der Waals surface area contributed by atoms with Crippen LogP contribution < -0.4 is 15.8 Å². The minimum absolute atomic E-state index is 0.350. The topological polar surface area (TPSA) is 90.9 Å². The Hall–Kier alpha value is -2.02. The van der Waals surface area contributed by atoms with Gasteiger partial charge in [0.25, 0.3) is 0 Å². The Labute approximate surface area is 79.7 Å². The molecule has 0 fully saturated rings. The van der Waals surface area contributed by atoms with Crippen molar-refractivity contribution in [3.8, 4) is 5.75 Å². The number of anilines is 1. The Kier molecular flexibility index (Phi) is 3.08. The van der Waals surface area contributed by atoms with Gasteiger partial charge < -0.3 is 4.74 Å². The molecule has 0 unspecified atom stereocenters. The van der Waals surface area contributed by atoms with E-state index in [-0.39, 0.29) is 0 Å². The molecule has 1 rings (SSSR count). The van der Waals surface area contributed by atoms with Gasteiger partial charge in [0.1, 0.15) is 5.75 Å². The maximum absolute atomic E-state index is 9.94. The van der Waals surface area contributed by atoms with Crippen LogP contribution in [0.2, 0.25) is 0 Å². The lowest BCUT2D eigenvalue weighted by molar-refractivity contribution is -0.762. The highest BCUT2D eigenvalue weighted by molar-refractivity contribution is 5.45. The highest BCUT2D eigenvalue weighted by Crippen LogP contribution is 2.17. The number of hydrazine groups is 1. The van der Waals surface area contributed by atoms with E-state index in [1.165, 1.54) is 19.2 Å². The average molecular weight is 199 g/mol. The summed E-state index contributed by atoms with van der Waals surface area (Å²) < 4.78 is 4.90. The van der Waals surface area contributed by atoms with Gasteiger partial charge in [-0.25, -0.2) is 5.84 Å². The van der Waals surface area contributed by atoms with Crippen molar-refractivity contribution >= 4 is 5.69 Å². The maximum atomic E-state index is 9.94. The number of nitrogens with zero attached hydrogens (tertiary/aromatic N) is 2. The smallest absolute Gasteiger partial charge is 0.318 e. The molecular weight excluding hydrogens is 190 g/mol.